The SMILES string of the molecule is CC(=O)N[C@H]1[C@H]2OC[C@](CN)(O2)[C@H](C)[C@@H]1C. The van der Waals surface area contributed by atoms with Crippen molar-refractivity contribution < 1.29 is 14.3 Å². The quantitative estimate of drug-likeness (QED) is 0.689. The van der Waals surface area contributed by atoms with E-state index in [0.717, 1.165) is 0 Å². The van der Waals surface area contributed by atoms with Crippen molar-refractivity contribution in [3.8, 4) is 0 Å². The van der Waals surface area contributed by atoms with Crippen LogP contribution in [0.15, 0.2) is 0 Å². The molecule has 2 saturated heterocycles. The molecular formula is C11H20N2O3. The fourth-order valence-corrected chi connectivity index (χ4v) is 2.70. The summed E-state index contributed by atoms with van der Waals surface area (Å²) in [7, 11) is 0. The van der Waals surface area contributed by atoms with Gasteiger partial charge < -0.3 is 20.5 Å². The summed E-state index contributed by atoms with van der Waals surface area (Å²) in [4.78, 5) is 11.1. The normalized spacial score (nSPS) is 46.8. The smallest absolute Gasteiger partial charge is 0.217 e. The van der Waals surface area contributed by atoms with Gasteiger partial charge in [0.05, 0.1) is 12.6 Å². The molecule has 0 spiro atoms. The van der Waals surface area contributed by atoms with E-state index in [1.165, 1.54) is 6.92 Å². The van der Waals surface area contributed by atoms with Gasteiger partial charge >= 0.3 is 0 Å². The molecule has 2 bridgehead atoms. The topological polar surface area (TPSA) is 73.6 Å². The van der Waals surface area contributed by atoms with Crippen LogP contribution in [0, 0.1) is 11.8 Å². The first-order valence-corrected chi connectivity index (χ1v) is 5.77. The minimum atomic E-state index is -0.362. The predicted molar refractivity (Wildman–Crippen MR) is 58.5 cm³/mol. The highest BCUT2D eigenvalue weighted by atomic mass is 16.7. The fraction of sp³-hybridized carbons (Fsp3) is 0.909. The average Bonchev–Trinajstić information content (AvgIpc) is 2.65. The Bertz CT molecular complexity index is 297. The summed E-state index contributed by atoms with van der Waals surface area (Å²) in [6.07, 6.45) is -0.348. The number of carbonyl (C=O) groups is 1. The number of hydrogen-bond donors (Lipinski definition) is 2. The van der Waals surface area contributed by atoms with Crippen LogP contribution in [0.2, 0.25) is 0 Å². The lowest BCUT2D eigenvalue weighted by Gasteiger charge is -2.44. The Morgan fingerprint density at radius 2 is 2.25 bits per heavy atom. The second-order valence-electron chi connectivity index (χ2n) is 4.94. The number of amides is 1. The van der Waals surface area contributed by atoms with Crippen LogP contribution in [0.25, 0.3) is 0 Å². The van der Waals surface area contributed by atoms with E-state index in [2.05, 4.69) is 19.2 Å². The average molecular weight is 228 g/mol. The molecule has 5 atom stereocenters. The maximum atomic E-state index is 11.1. The third kappa shape index (κ3) is 1.63. The zero-order chi connectivity index (χ0) is 11.9. The first-order valence-electron chi connectivity index (χ1n) is 5.77. The minimum Gasteiger partial charge on any atom is -0.348 e. The number of nitrogens with two attached hydrogens (primary N) is 1. The first-order chi connectivity index (χ1) is 7.50. The molecule has 0 radical (unpaired) electrons. The monoisotopic (exact) mass is 228 g/mol. The Hall–Kier alpha value is -0.650. The molecule has 2 heterocycles. The van der Waals surface area contributed by atoms with E-state index in [4.69, 9.17) is 15.2 Å². The van der Waals surface area contributed by atoms with E-state index >= 15 is 0 Å². The molecule has 5 nitrogen and oxygen atoms in total. The molecule has 2 aliphatic heterocycles. The van der Waals surface area contributed by atoms with Crippen LogP contribution < -0.4 is 11.1 Å². The molecule has 0 aromatic carbocycles. The highest BCUT2D eigenvalue weighted by Crippen LogP contribution is 2.43. The van der Waals surface area contributed by atoms with E-state index in [0.29, 0.717) is 19.1 Å². The lowest BCUT2D eigenvalue weighted by atomic mass is 9.75. The Labute approximate surface area is 95.7 Å². The van der Waals surface area contributed by atoms with Gasteiger partial charge in [0.2, 0.25) is 5.91 Å². The van der Waals surface area contributed by atoms with Crippen LogP contribution in [0.5, 0.6) is 0 Å². The second kappa shape index (κ2) is 3.98. The van der Waals surface area contributed by atoms with E-state index in [9.17, 15) is 4.79 Å². The van der Waals surface area contributed by atoms with Crippen molar-refractivity contribution in [1.29, 1.82) is 0 Å². The molecule has 2 rings (SSSR count). The summed E-state index contributed by atoms with van der Waals surface area (Å²) in [6, 6.07) is -0.0744. The maximum absolute atomic E-state index is 11.1. The molecule has 2 aliphatic rings. The van der Waals surface area contributed by atoms with Crippen LogP contribution in [0.3, 0.4) is 0 Å². The zero-order valence-electron chi connectivity index (χ0n) is 10.0. The molecule has 5 heteroatoms. The molecule has 1 amide bonds. The van der Waals surface area contributed by atoms with E-state index < -0.39 is 0 Å². The van der Waals surface area contributed by atoms with Crippen molar-refractivity contribution in [3.05, 3.63) is 0 Å². The molecule has 3 N–H and O–H groups in total. The highest BCUT2D eigenvalue weighted by molar-refractivity contribution is 5.73. The maximum Gasteiger partial charge on any atom is 0.217 e. The summed E-state index contributed by atoms with van der Waals surface area (Å²) in [5, 5.41) is 2.90. The van der Waals surface area contributed by atoms with Gasteiger partial charge in [-0.25, -0.2) is 0 Å². The van der Waals surface area contributed by atoms with Gasteiger partial charge in [0.15, 0.2) is 6.29 Å². The summed E-state index contributed by atoms with van der Waals surface area (Å²) < 4.78 is 11.5. The van der Waals surface area contributed by atoms with Crippen LogP contribution in [0.1, 0.15) is 20.8 Å². The summed E-state index contributed by atoms with van der Waals surface area (Å²) >= 11 is 0. The lowest BCUT2D eigenvalue weighted by molar-refractivity contribution is -0.176. The van der Waals surface area contributed by atoms with Crippen molar-refractivity contribution in [2.75, 3.05) is 13.2 Å². The molecule has 0 aromatic heterocycles. The van der Waals surface area contributed by atoms with Gasteiger partial charge in [0.1, 0.15) is 5.60 Å². The Morgan fingerprint density at radius 1 is 1.56 bits per heavy atom. The van der Waals surface area contributed by atoms with Crippen LogP contribution in [-0.4, -0.2) is 37.0 Å². The molecule has 0 saturated carbocycles. The number of nitrogens with one attached hydrogen (secondary N) is 1. The van der Waals surface area contributed by atoms with Gasteiger partial charge in [0.25, 0.3) is 0 Å². The van der Waals surface area contributed by atoms with E-state index in [1.807, 2.05) is 0 Å². The van der Waals surface area contributed by atoms with E-state index in [1.54, 1.807) is 0 Å². The van der Waals surface area contributed by atoms with Gasteiger partial charge in [0, 0.05) is 13.5 Å². The van der Waals surface area contributed by atoms with Crippen LogP contribution in [-0.2, 0) is 14.3 Å². The number of rotatable bonds is 2. The van der Waals surface area contributed by atoms with Crippen LogP contribution in [0.4, 0.5) is 0 Å². The zero-order valence-corrected chi connectivity index (χ0v) is 10.0. The third-order valence-electron chi connectivity index (χ3n) is 4.04. The Kier molecular flexibility index (Phi) is 2.94. The van der Waals surface area contributed by atoms with Crippen molar-refractivity contribution >= 4 is 5.91 Å². The standard InChI is InChI=1S/C11H20N2O3/c1-6-7(2)11(4-12)5-15-10(16-11)9(6)13-8(3)14/h6-7,9-10H,4-5,12H2,1-3H3,(H,13,14)/t6-,7+,9+,10-,11-/m0/s1. The van der Waals surface area contributed by atoms with Crippen molar-refractivity contribution in [2.24, 2.45) is 17.6 Å². The Morgan fingerprint density at radius 3 is 2.81 bits per heavy atom. The van der Waals surface area contributed by atoms with Crippen molar-refractivity contribution in [1.82, 2.24) is 5.32 Å². The fourth-order valence-electron chi connectivity index (χ4n) is 2.70. The van der Waals surface area contributed by atoms with Gasteiger partial charge in [-0.2, -0.15) is 0 Å². The molecule has 0 aliphatic carbocycles. The van der Waals surface area contributed by atoms with E-state index in [-0.39, 0.29) is 29.8 Å². The second-order valence-corrected chi connectivity index (χ2v) is 4.94. The molecule has 0 unspecified atom stereocenters. The molecule has 2 fully saturated rings. The van der Waals surface area contributed by atoms with Gasteiger partial charge in [-0.3, -0.25) is 4.79 Å². The van der Waals surface area contributed by atoms with Gasteiger partial charge in [-0.1, -0.05) is 13.8 Å². The highest BCUT2D eigenvalue weighted by Gasteiger charge is 2.55. The largest absolute Gasteiger partial charge is 0.348 e. The number of ether oxygens (including phenoxy) is 2. The third-order valence-corrected chi connectivity index (χ3v) is 4.04. The molecule has 16 heavy (non-hydrogen) atoms. The lowest BCUT2D eigenvalue weighted by Crippen LogP contribution is -2.60. The van der Waals surface area contributed by atoms with Gasteiger partial charge in [-0.05, 0) is 11.8 Å². The van der Waals surface area contributed by atoms with Gasteiger partial charge in [-0.15, -0.1) is 0 Å². The minimum absolute atomic E-state index is 0.0524. The summed E-state index contributed by atoms with van der Waals surface area (Å²) in [5.41, 5.74) is 5.42. The molecule has 0 aromatic rings. The first kappa shape index (κ1) is 11.8. The molecular weight excluding hydrogens is 208 g/mol. The van der Waals surface area contributed by atoms with Crippen molar-refractivity contribution in [3.63, 3.8) is 0 Å². The summed E-state index contributed by atoms with van der Waals surface area (Å²) in [6.45, 7) is 6.71. The van der Waals surface area contributed by atoms with Crippen LogP contribution >= 0.6 is 0 Å². The number of hydrogen-bond acceptors (Lipinski definition) is 4. The Balaban J connectivity index is 2.19. The predicted octanol–water partition coefficient (Wildman–Crippen LogP) is -0.153. The molecule has 92 valence electrons. The summed E-state index contributed by atoms with van der Waals surface area (Å²) in [5.74, 6) is 0.519. The number of carbonyl (C=O) groups excluding carboxylic acids is 1. The number of fused-ring (bicyclic) bond motifs is 2. The van der Waals surface area contributed by atoms with Crippen molar-refractivity contribution in [2.45, 2.75) is 38.7 Å².